The van der Waals surface area contributed by atoms with Crippen molar-refractivity contribution in [2.75, 3.05) is 32.5 Å². The fourth-order valence-electron chi connectivity index (χ4n) is 3.35. The minimum atomic E-state index is -3.29. The maximum atomic E-state index is 12.6. The molecule has 1 aromatic rings. The highest BCUT2D eigenvalue weighted by atomic mass is 35.5. The van der Waals surface area contributed by atoms with Crippen LogP contribution in [0.3, 0.4) is 0 Å². The van der Waals surface area contributed by atoms with Crippen LogP contribution in [-0.2, 0) is 19.6 Å². The molecule has 0 radical (unpaired) electrons. The lowest BCUT2D eigenvalue weighted by Gasteiger charge is -2.38. The Kier molecular flexibility index (Phi) is 7.54. The molecule has 3 heterocycles. The van der Waals surface area contributed by atoms with Crippen molar-refractivity contribution in [1.29, 1.82) is 0 Å². The largest absolute Gasteiger partial charge is 0.483 e. The van der Waals surface area contributed by atoms with Crippen LogP contribution in [0.1, 0.15) is 23.3 Å². The highest BCUT2D eigenvalue weighted by Gasteiger charge is 2.39. The number of pyridine rings is 1. The summed E-state index contributed by atoms with van der Waals surface area (Å²) in [4.78, 5) is 26.7. The van der Waals surface area contributed by atoms with Gasteiger partial charge < -0.3 is 14.7 Å². The summed E-state index contributed by atoms with van der Waals surface area (Å²) >= 11 is 5.85. The first-order valence-electron chi connectivity index (χ1n) is 8.36. The van der Waals surface area contributed by atoms with Crippen LogP contribution in [0.4, 0.5) is 0 Å². The highest BCUT2D eigenvalue weighted by Crippen LogP contribution is 2.26. The maximum Gasteiger partial charge on any atom is 0.290 e. The van der Waals surface area contributed by atoms with Crippen molar-refractivity contribution >= 4 is 34.0 Å². The average molecular weight is 420 g/mol. The van der Waals surface area contributed by atoms with Crippen molar-refractivity contribution in [3.8, 4) is 0 Å². The van der Waals surface area contributed by atoms with Gasteiger partial charge in [0.1, 0.15) is 10.8 Å². The van der Waals surface area contributed by atoms with Gasteiger partial charge in [-0.15, -0.1) is 0 Å². The molecule has 1 N–H and O–H groups in total. The Balaban J connectivity index is 0.000000817. The summed E-state index contributed by atoms with van der Waals surface area (Å²) in [5.74, 6) is -0.193. The number of morpholine rings is 1. The van der Waals surface area contributed by atoms with Crippen LogP contribution in [-0.4, -0.2) is 84.7 Å². The summed E-state index contributed by atoms with van der Waals surface area (Å²) in [5.41, 5.74) is 0.299. The normalized spacial score (nSPS) is 23.4. The second kappa shape index (κ2) is 9.45. The molecule has 2 fully saturated rings. The zero-order valence-electron chi connectivity index (χ0n) is 14.8. The van der Waals surface area contributed by atoms with E-state index in [4.69, 9.17) is 26.2 Å². The smallest absolute Gasteiger partial charge is 0.290 e. The molecule has 0 unspecified atom stereocenters. The van der Waals surface area contributed by atoms with Gasteiger partial charge in [-0.05, 0) is 25.0 Å². The number of carbonyl (C=O) groups is 2. The van der Waals surface area contributed by atoms with Crippen molar-refractivity contribution in [2.24, 2.45) is 0 Å². The molecule has 9 nitrogen and oxygen atoms in total. The molecule has 3 rings (SSSR count). The average Bonchev–Trinajstić information content (AvgIpc) is 2.83. The van der Waals surface area contributed by atoms with Crippen LogP contribution < -0.4 is 0 Å². The van der Waals surface area contributed by atoms with E-state index in [1.54, 1.807) is 23.1 Å². The van der Waals surface area contributed by atoms with Crippen molar-refractivity contribution in [3.63, 3.8) is 0 Å². The van der Waals surface area contributed by atoms with E-state index in [-0.39, 0.29) is 29.7 Å². The lowest BCUT2D eigenvalue weighted by Crippen LogP contribution is -2.53. The summed E-state index contributed by atoms with van der Waals surface area (Å²) in [6.07, 6.45) is 2.19. The number of sulfonamides is 1. The Morgan fingerprint density at radius 1 is 1.33 bits per heavy atom. The van der Waals surface area contributed by atoms with Crippen molar-refractivity contribution in [3.05, 3.63) is 29.0 Å². The van der Waals surface area contributed by atoms with Crippen LogP contribution >= 0.6 is 11.6 Å². The predicted octanol–water partition coefficient (Wildman–Crippen LogP) is 0.701. The van der Waals surface area contributed by atoms with E-state index >= 15 is 0 Å². The summed E-state index contributed by atoms with van der Waals surface area (Å²) in [5, 5.41) is 7.16. The number of hydrogen-bond acceptors (Lipinski definition) is 6. The Bertz CT molecular complexity index is 775. The van der Waals surface area contributed by atoms with E-state index in [1.165, 1.54) is 10.6 Å². The lowest BCUT2D eigenvalue weighted by atomic mass is 10.0. The van der Waals surface area contributed by atoms with Gasteiger partial charge in [0.25, 0.3) is 12.4 Å². The first-order valence-corrected chi connectivity index (χ1v) is 10.6. The van der Waals surface area contributed by atoms with Crippen LogP contribution in [0.2, 0.25) is 5.15 Å². The fourth-order valence-corrected chi connectivity index (χ4v) is 4.65. The Morgan fingerprint density at radius 2 is 2.00 bits per heavy atom. The van der Waals surface area contributed by atoms with Crippen LogP contribution in [0.5, 0.6) is 0 Å². The summed E-state index contributed by atoms with van der Waals surface area (Å²) in [7, 11) is -3.29. The number of rotatable bonds is 2. The molecule has 2 aliphatic heterocycles. The lowest BCUT2D eigenvalue weighted by molar-refractivity contribution is -0.122. The van der Waals surface area contributed by atoms with Gasteiger partial charge in [0.2, 0.25) is 10.0 Å². The molecule has 0 aromatic carbocycles. The minimum absolute atomic E-state index is 0.182. The van der Waals surface area contributed by atoms with Crippen LogP contribution in [0.25, 0.3) is 0 Å². The summed E-state index contributed by atoms with van der Waals surface area (Å²) < 4.78 is 31.3. The number of fused-ring (bicyclic) bond motifs is 1. The van der Waals surface area contributed by atoms with Crippen molar-refractivity contribution in [2.45, 2.75) is 25.0 Å². The third-order valence-electron chi connectivity index (χ3n) is 4.47. The second-order valence-electron chi connectivity index (χ2n) is 6.17. The Morgan fingerprint density at radius 3 is 2.63 bits per heavy atom. The second-order valence-corrected chi connectivity index (χ2v) is 8.49. The summed E-state index contributed by atoms with van der Waals surface area (Å²) in [6.45, 7) is 1.47. The monoisotopic (exact) mass is 419 g/mol. The Hall–Kier alpha value is -1.75. The molecule has 0 spiro atoms. The number of carbonyl (C=O) groups excluding carboxylic acids is 1. The molecule has 27 heavy (non-hydrogen) atoms. The molecule has 0 saturated carbocycles. The molecule has 2 atom stereocenters. The molecule has 1 aromatic heterocycles. The first-order chi connectivity index (χ1) is 12.8. The molecule has 0 aliphatic carbocycles. The fraction of sp³-hybridized carbons (Fsp3) is 0.562. The first kappa shape index (κ1) is 21.5. The maximum absolute atomic E-state index is 12.6. The third kappa shape index (κ3) is 5.61. The number of likely N-dealkylation sites (tertiary alicyclic amines) is 1. The number of nitrogens with zero attached hydrogens (tertiary/aromatic N) is 3. The zero-order valence-corrected chi connectivity index (χ0v) is 16.4. The van der Waals surface area contributed by atoms with Gasteiger partial charge in [-0.1, -0.05) is 17.7 Å². The third-order valence-corrected chi connectivity index (χ3v) is 5.98. The molecule has 150 valence electrons. The van der Waals surface area contributed by atoms with E-state index in [9.17, 15) is 13.2 Å². The van der Waals surface area contributed by atoms with Gasteiger partial charge in [0, 0.05) is 19.6 Å². The predicted molar refractivity (Wildman–Crippen MR) is 98.2 cm³/mol. The number of halogens is 1. The van der Waals surface area contributed by atoms with Gasteiger partial charge in [-0.25, -0.2) is 13.4 Å². The number of ether oxygens (including phenoxy) is 1. The number of aromatic nitrogens is 1. The SMILES string of the molecule is CS(=O)(=O)N1CCO[C@@H]2CCN(C(=O)c3cccc(Cl)n3)CC[C@H]21.O=CO. The standard InChI is InChI=1S/C15H20ClN3O4S.CH2O2/c1-24(21,22)19-9-10-23-13-6-8-18(7-5-12(13)19)15(20)11-3-2-4-14(16)17-11;2-1-3/h2-4,12-13H,5-10H2,1H3;1H,(H,2,3)/t12-,13-;/m1./s1. The van der Waals surface area contributed by atoms with Crippen LogP contribution in [0.15, 0.2) is 18.2 Å². The van der Waals surface area contributed by atoms with Gasteiger partial charge >= 0.3 is 0 Å². The molecule has 2 saturated heterocycles. The number of hydrogen-bond donors (Lipinski definition) is 1. The highest BCUT2D eigenvalue weighted by molar-refractivity contribution is 7.88. The van der Waals surface area contributed by atoms with E-state index in [1.807, 2.05) is 0 Å². The molecular weight excluding hydrogens is 398 g/mol. The topological polar surface area (TPSA) is 117 Å². The molecular formula is C16H22ClN3O6S. The van der Waals surface area contributed by atoms with E-state index in [2.05, 4.69) is 4.98 Å². The van der Waals surface area contributed by atoms with Crippen LogP contribution in [0, 0.1) is 0 Å². The molecule has 1 amide bonds. The molecule has 0 bridgehead atoms. The van der Waals surface area contributed by atoms with E-state index < -0.39 is 10.0 Å². The number of amides is 1. The Labute approximate surface area is 162 Å². The minimum Gasteiger partial charge on any atom is -0.483 e. The molecule has 2 aliphatic rings. The number of carboxylic acid groups (broad SMARTS) is 1. The van der Waals surface area contributed by atoms with E-state index in [0.29, 0.717) is 44.8 Å². The zero-order chi connectivity index (χ0) is 20.0. The van der Waals surface area contributed by atoms with Crippen molar-refractivity contribution in [1.82, 2.24) is 14.2 Å². The van der Waals surface area contributed by atoms with Crippen molar-refractivity contribution < 1.29 is 27.9 Å². The van der Waals surface area contributed by atoms with Gasteiger partial charge in [-0.3, -0.25) is 9.59 Å². The molecule has 11 heteroatoms. The van der Waals surface area contributed by atoms with Gasteiger partial charge in [-0.2, -0.15) is 4.31 Å². The summed E-state index contributed by atoms with van der Waals surface area (Å²) in [6, 6.07) is 4.71. The quantitative estimate of drug-likeness (QED) is 0.553. The van der Waals surface area contributed by atoms with Gasteiger partial charge in [0.05, 0.1) is 25.0 Å². The van der Waals surface area contributed by atoms with E-state index in [0.717, 1.165) is 0 Å². The van der Waals surface area contributed by atoms with Gasteiger partial charge in [0.15, 0.2) is 0 Å².